The molecule has 3 aromatic carbocycles. The number of halogens is 12. The number of hydrogen-bond acceptors (Lipinski definition) is 19. The number of alkyl halides is 9. The molecule has 12 aromatic rings. The Hall–Kier alpha value is -10.7. The Labute approximate surface area is 746 Å². The number of benzene rings is 3. The van der Waals surface area contributed by atoms with Crippen LogP contribution in [0.4, 0.5) is 52.7 Å². The maximum atomic E-state index is 14.5. The van der Waals surface area contributed by atoms with Crippen LogP contribution < -0.4 is 0 Å². The fourth-order valence-electron chi connectivity index (χ4n) is 18.5. The van der Waals surface area contributed by atoms with Gasteiger partial charge in [-0.25, -0.2) is 63.4 Å². The van der Waals surface area contributed by atoms with E-state index in [-0.39, 0.29) is 99.0 Å². The molecule has 1 N–H and O–H groups in total. The van der Waals surface area contributed by atoms with Crippen molar-refractivity contribution in [3.05, 3.63) is 251 Å². The SMILES string of the molecule is C=S(=O)(c1ccn(C)n1)N(CC(C)(C)O)[C@H]1CCC2=Cc3c(cnn3-c3ccc(F)cc3)C[C@]2(C(=O)c2ncc(C(F)(F)F)s2)C1.C=S(c1cnn(C)c1)N(C1CC1)[C@H]1CCC2=Cc3c(cnn3-c3ccc(F)cc3)C[C@]2(C(=O)c2ncc(C(F)(F)F)s2)C1.Cn1ccc(S(=O)(=O)[C@H]2CCC3=Cc4c(cnn4-c4ccc(F)cc4)C[C@]3(C(=O)c3ncc(C(F)(F)F)s3)C2)c1. The molecule has 9 heterocycles. The lowest BCUT2D eigenvalue weighted by atomic mass is 9.61. The van der Waals surface area contributed by atoms with Crippen LogP contribution in [0.25, 0.3) is 35.3 Å². The number of thiazole rings is 3. The van der Waals surface area contributed by atoms with E-state index in [4.69, 9.17) is 0 Å². The van der Waals surface area contributed by atoms with Crippen molar-refractivity contribution >= 4 is 112 Å². The minimum Gasteiger partial charge on any atom is -0.389 e. The van der Waals surface area contributed by atoms with Crippen molar-refractivity contribution in [1.29, 1.82) is 0 Å². The van der Waals surface area contributed by atoms with Crippen molar-refractivity contribution in [2.75, 3.05) is 6.54 Å². The second kappa shape index (κ2) is 33.6. The Balaban J connectivity index is 0.000000136. The van der Waals surface area contributed by atoms with Gasteiger partial charge in [0.05, 0.1) is 124 Å². The summed E-state index contributed by atoms with van der Waals surface area (Å²) in [5.41, 5.74) is 3.17. The van der Waals surface area contributed by atoms with Gasteiger partial charge in [-0.15, -0.1) is 34.0 Å². The largest absolute Gasteiger partial charge is 0.427 e. The molecule has 2 unspecified atom stereocenters. The van der Waals surface area contributed by atoms with E-state index in [2.05, 4.69) is 56.5 Å². The third-order valence-corrected chi connectivity index (χ3v) is 34.0. The van der Waals surface area contributed by atoms with Gasteiger partial charge in [0.1, 0.15) is 32.1 Å². The van der Waals surface area contributed by atoms with Crippen molar-refractivity contribution in [1.82, 2.24) is 77.0 Å². The van der Waals surface area contributed by atoms with Gasteiger partial charge in [0.2, 0.25) is 17.3 Å². The summed E-state index contributed by atoms with van der Waals surface area (Å²) in [5, 5.41) is 31.6. The van der Waals surface area contributed by atoms with Crippen LogP contribution in [0, 0.1) is 33.7 Å². The van der Waals surface area contributed by atoms with Crippen LogP contribution in [0.3, 0.4) is 0 Å². The van der Waals surface area contributed by atoms with Crippen molar-refractivity contribution in [2.24, 2.45) is 37.4 Å². The number of aromatic nitrogens is 14. The number of allylic oxidation sites excluding steroid dienone is 3. The van der Waals surface area contributed by atoms with Gasteiger partial charge >= 0.3 is 18.5 Å². The van der Waals surface area contributed by atoms with E-state index in [1.807, 2.05) is 31.6 Å². The van der Waals surface area contributed by atoms with Gasteiger partial charge < -0.3 is 9.67 Å². The Morgan fingerprint density at radius 1 is 0.512 bits per heavy atom. The van der Waals surface area contributed by atoms with Crippen LogP contribution in [0.2, 0.25) is 0 Å². The monoisotopic (exact) mass is 1890 g/mol. The molecular formula is C88H82F12N16O7S6. The number of fused-ring (bicyclic) bond motifs is 6. The van der Waals surface area contributed by atoms with Crippen LogP contribution in [-0.4, -0.2) is 159 Å². The predicted octanol–water partition coefficient (Wildman–Crippen LogP) is 17.7. The van der Waals surface area contributed by atoms with Crippen LogP contribution in [0.1, 0.15) is 162 Å². The average molecular weight is 1900 g/mol. The van der Waals surface area contributed by atoms with Gasteiger partial charge in [0.15, 0.2) is 29.9 Å². The van der Waals surface area contributed by atoms with Crippen LogP contribution >= 0.6 is 44.7 Å². The number of hydrogen-bond donors (Lipinski definition) is 1. The number of carbonyl (C=O) groups excluding carboxylic acids is 3. The van der Waals surface area contributed by atoms with Crippen molar-refractivity contribution < 1.29 is 84.8 Å². The fraction of sp³-hybridized carbons (Fsp3) is 0.352. The molecule has 7 aliphatic carbocycles. The molecule has 0 aliphatic heterocycles. The summed E-state index contributed by atoms with van der Waals surface area (Å²) in [4.78, 5) is 53.1. The average Bonchev–Trinajstić information content (AvgIpc) is 1.69. The molecule has 41 heteroatoms. The van der Waals surface area contributed by atoms with Gasteiger partial charge in [-0.1, -0.05) is 33.3 Å². The summed E-state index contributed by atoms with van der Waals surface area (Å²) in [6, 6.07) is 20.4. The Morgan fingerprint density at radius 3 is 1.27 bits per heavy atom. The van der Waals surface area contributed by atoms with Gasteiger partial charge in [-0.2, -0.15) is 65.0 Å². The molecule has 7 aliphatic rings. The van der Waals surface area contributed by atoms with Crippen molar-refractivity contribution in [3.63, 3.8) is 0 Å². The van der Waals surface area contributed by atoms with E-state index >= 15 is 0 Å². The molecule has 0 saturated heterocycles. The lowest BCUT2D eigenvalue weighted by Crippen LogP contribution is -2.53. The zero-order valence-electron chi connectivity index (χ0n) is 69.5. The summed E-state index contributed by atoms with van der Waals surface area (Å²) in [5.74, 6) is 5.81. The maximum Gasteiger partial charge on any atom is 0.427 e. The van der Waals surface area contributed by atoms with E-state index in [1.54, 1.807) is 135 Å². The number of nitrogens with zero attached hydrogens (tertiary/aromatic N) is 16. The van der Waals surface area contributed by atoms with E-state index < -0.39 is 120 Å². The minimum atomic E-state index is -4.66. The second-order valence-corrected chi connectivity index (χ2v) is 43.2. The Bertz CT molecular complexity index is 6740. The summed E-state index contributed by atoms with van der Waals surface area (Å²) in [6.45, 7) is 3.09. The van der Waals surface area contributed by atoms with E-state index in [0.717, 1.165) is 47.2 Å². The molecule has 0 bridgehead atoms. The predicted molar refractivity (Wildman–Crippen MR) is 464 cm³/mol. The highest BCUT2D eigenvalue weighted by Crippen LogP contribution is 2.58. The first-order chi connectivity index (χ1) is 60.9. The quantitative estimate of drug-likeness (QED) is 0.0422. The van der Waals surface area contributed by atoms with Crippen molar-refractivity contribution in [2.45, 2.75) is 166 Å². The highest BCUT2D eigenvalue weighted by Gasteiger charge is 2.57. The molecule has 8 atom stereocenters. The lowest BCUT2D eigenvalue weighted by Gasteiger charge is -2.47. The number of aryl methyl sites for hydroxylation is 3. The minimum absolute atomic E-state index is 0.00891. The number of rotatable bonds is 20. The summed E-state index contributed by atoms with van der Waals surface area (Å²) >= 11 is 0.967. The van der Waals surface area contributed by atoms with Gasteiger partial charge in [-0.05, 0) is 229 Å². The number of carbonyl (C=O) groups is 3. The number of sulfone groups is 1. The highest BCUT2D eigenvalue weighted by molar-refractivity contribution is 8.12. The van der Waals surface area contributed by atoms with Crippen molar-refractivity contribution in [3.8, 4) is 17.1 Å². The molecule has 129 heavy (non-hydrogen) atoms. The lowest BCUT2D eigenvalue weighted by molar-refractivity contribution is -0.135. The second-order valence-electron chi connectivity index (χ2n) is 34.1. The first-order valence-corrected chi connectivity index (χ1v) is 47.8. The number of ketones is 3. The van der Waals surface area contributed by atoms with Crippen LogP contribution in [0.5, 0.6) is 0 Å². The first-order valence-electron chi connectivity index (χ1n) is 40.8. The van der Waals surface area contributed by atoms with E-state index in [9.17, 15) is 84.8 Å². The summed E-state index contributed by atoms with van der Waals surface area (Å²) in [6.07, 6.45) is 12.7. The Kier molecular flexibility index (Phi) is 23.5. The third kappa shape index (κ3) is 17.4. The molecule has 9 aromatic heterocycles. The molecular weight excluding hydrogens is 1810 g/mol. The topological polar surface area (TPSA) is 262 Å². The maximum absolute atomic E-state index is 14.5. The third-order valence-electron chi connectivity index (χ3n) is 24.7. The first kappa shape index (κ1) is 90.3. The smallest absolute Gasteiger partial charge is 0.389 e. The number of Topliss-reactive ketones (excluding diaryl/α,β-unsaturated/α-hetero) is 3. The molecule has 676 valence electrons. The summed E-state index contributed by atoms with van der Waals surface area (Å²) < 4.78 is 218. The van der Waals surface area contributed by atoms with Gasteiger partial charge in [-0.3, -0.25) is 23.7 Å². The zero-order chi connectivity index (χ0) is 91.8. The molecule has 4 fully saturated rings. The van der Waals surface area contributed by atoms with Gasteiger partial charge in [0, 0.05) is 70.6 Å². The molecule has 4 saturated carbocycles. The summed E-state index contributed by atoms with van der Waals surface area (Å²) in [7, 11) is -2.39. The molecule has 19 rings (SSSR count). The van der Waals surface area contributed by atoms with E-state index in [0.29, 0.717) is 124 Å². The van der Waals surface area contributed by atoms with Crippen LogP contribution in [-0.2, 0) is 78.5 Å². The van der Waals surface area contributed by atoms with E-state index in [1.165, 1.54) is 53.3 Å². The molecule has 0 radical (unpaired) electrons. The normalized spacial score (nSPS) is 21.7. The number of aliphatic hydroxyl groups is 1. The highest BCUT2D eigenvalue weighted by atomic mass is 32.2. The zero-order valence-corrected chi connectivity index (χ0v) is 74.4. The molecule has 0 amide bonds. The standard InChI is InChI=1S/C31H32F4N6O3S2.C30H28F4N6OS2.C27H22F4N4O3S2/c1-29(2,43)18-40(46(4,44)26-11-12-39(3)38-26)23-8-5-20-13-24-19(16-37-41(24)22-9-6-21(32)7-10-22)14-30(20,15-23)27(42)28-36-17-25(45-28)31(33,34)35;1-38-17-24(15-36-38)43(2)40(22-9-10-22)23-6-3-19-11-25-18(14-37-39(25)21-7-4-20(31)5-8-21)12-29(19,13-23)27(41)28-35-16-26(42-28)30(32,33)34;1-34-9-8-21(15-34)40(37,38)20-7-2-17-10-22-16(13-33-35(22)19-5-3-18(28)4-6-19)11-26(17,12-20)24(36)25-32-14-23(39-25)27(29,30)31/h6-7,9-13,16-17,23,43H,4-5,8,14-15,18H2,1-3H3;4-5,7-8,11,14-17,22-23H,2-3,6,9-10,12-13H2,1H3;3-6,8-10,13-15,20H,2,7,11-12H2,1H3/t23-,30-,46?;23-,29-,43?;20-,26-/m000/s1. The van der Waals surface area contributed by atoms with Gasteiger partial charge in [0.25, 0.3) is 0 Å². The van der Waals surface area contributed by atoms with Crippen LogP contribution in [0.15, 0.2) is 185 Å². The fourth-order valence-corrected chi connectivity index (χ4v) is 26.6. The Morgan fingerprint density at radius 2 is 0.915 bits per heavy atom. The molecule has 0 spiro atoms. The molecule has 23 nitrogen and oxygen atoms in total.